The number of nitrogens with two attached hydrogens (primary N) is 1. The van der Waals surface area contributed by atoms with Gasteiger partial charge in [0, 0.05) is 14.2 Å². The SMILES string of the molecule is COCC(C)(N)c1noc(C(C)(C)OC)n1. The minimum absolute atomic E-state index is 0.319. The molecule has 2 N–H and O–H groups in total. The summed E-state index contributed by atoms with van der Waals surface area (Å²) in [6.45, 7) is 5.78. The smallest absolute Gasteiger partial charge is 0.258 e. The number of hydrogen-bond acceptors (Lipinski definition) is 6. The van der Waals surface area contributed by atoms with Crippen molar-refractivity contribution in [2.75, 3.05) is 20.8 Å². The van der Waals surface area contributed by atoms with E-state index in [2.05, 4.69) is 10.1 Å². The first kappa shape index (κ1) is 13.1. The summed E-state index contributed by atoms with van der Waals surface area (Å²) in [6, 6.07) is 0. The molecule has 0 amide bonds. The molecule has 1 rings (SSSR count). The fourth-order valence-corrected chi connectivity index (χ4v) is 1.15. The molecule has 1 heterocycles. The fraction of sp³-hybridized carbons (Fsp3) is 0.800. The molecule has 1 atom stereocenters. The summed E-state index contributed by atoms with van der Waals surface area (Å²) in [7, 11) is 3.16. The molecule has 92 valence electrons. The Hall–Kier alpha value is -0.980. The second-order valence-corrected chi connectivity index (χ2v) is 4.49. The minimum atomic E-state index is -0.764. The highest BCUT2D eigenvalue weighted by Gasteiger charge is 2.32. The van der Waals surface area contributed by atoms with Crippen LogP contribution in [0.25, 0.3) is 0 Å². The molecule has 0 aliphatic carbocycles. The monoisotopic (exact) mass is 229 g/mol. The maximum atomic E-state index is 6.00. The van der Waals surface area contributed by atoms with Crippen molar-refractivity contribution in [1.82, 2.24) is 10.1 Å². The highest BCUT2D eigenvalue weighted by atomic mass is 16.5. The molecule has 6 nitrogen and oxygen atoms in total. The van der Waals surface area contributed by atoms with E-state index in [4.69, 9.17) is 19.7 Å². The van der Waals surface area contributed by atoms with Crippen LogP contribution in [0.2, 0.25) is 0 Å². The van der Waals surface area contributed by atoms with Crippen molar-refractivity contribution in [3.63, 3.8) is 0 Å². The molecule has 16 heavy (non-hydrogen) atoms. The van der Waals surface area contributed by atoms with Crippen molar-refractivity contribution >= 4 is 0 Å². The molecule has 0 fully saturated rings. The molecule has 0 spiro atoms. The Morgan fingerprint density at radius 1 is 1.31 bits per heavy atom. The molecule has 0 saturated heterocycles. The third-order valence-electron chi connectivity index (χ3n) is 2.41. The molecule has 0 saturated carbocycles. The summed E-state index contributed by atoms with van der Waals surface area (Å²) in [4.78, 5) is 4.24. The predicted octanol–water partition coefficient (Wildman–Crippen LogP) is 0.771. The Bertz CT molecular complexity index is 347. The third kappa shape index (κ3) is 2.58. The lowest BCUT2D eigenvalue weighted by Gasteiger charge is -2.19. The first-order chi connectivity index (χ1) is 7.33. The minimum Gasteiger partial charge on any atom is -0.382 e. The van der Waals surface area contributed by atoms with Gasteiger partial charge in [-0.05, 0) is 20.8 Å². The van der Waals surface area contributed by atoms with Crippen molar-refractivity contribution in [1.29, 1.82) is 0 Å². The molecule has 1 unspecified atom stereocenters. The predicted molar refractivity (Wildman–Crippen MR) is 57.7 cm³/mol. The highest BCUT2D eigenvalue weighted by Crippen LogP contribution is 2.24. The summed E-state index contributed by atoms with van der Waals surface area (Å²) in [5.41, 5.74) is 4.62. The van der Waals surface area contributed by atoms with Crippen molar-refractivity contribution in [2.24, 2.45) is 5.73 Å². The maximum absolute atomic E-state index is 6.00. The number of rotatable bonds is 5. The summed E-state index contributed by atoms with van der Waals surface area (Å²) in [6.07, 6.45) is 0. The first-order valence-corrected chi connectivity index (χ1v) is 5.01. The second kappa shape index (κ2) is 4.48. The zero-order valence-electron chi connectivity index (χ0n) is 10.4. The molecule has 0 aromatic carbocycles. The Morgan fingerprint density at radius 2 is 1.94 bits per heavy atom. The summed E-state index contributed by atoms with van der Waals surface area (Å²) in [5, 5.41) is 3.85. The van der Waals surface area contributed by atoms with Crippen LogP contribution < -0.4 is 5.73 Å². The Balaban J connectivity index is 2.95. The van der Waals surface area contributed by atoms with E-state index in [0.717, 1.165) is 0 Å². The van der Waals surface area contributed by atoms with Gasteiger partial charge in [0.15, 0.2) is 5.82 Å². The van der Waals surface area contributed by atoms with Crippen LogP contribution in [-0.4, -0.2) is 31.0 Å². The van der Waals surface area contributed by atoms with Gasteiger partial charge in [0.2, 0.25) is 0 Å². The summed E-state index contributed by atoms with van der Waals surface area (Å²) in [5.74, 6) is 0.812. The number of methoxy groups -OCH3 is 2. The Morgan fingerprint density at radius 3 is 2.44 bits per heavy atom. The molecular weight excluding hydrogens is 210 g/mol. The van der Waals surface area contributed by atoms with Crippen LogP contribution in [0.1, 0.15) is 32.5 Å². The van der Waals surface area contributed by atoms with Crippen LogP contribution in [0.4, 0.5) is 0 Å². The average Bonchev–Trinajstić information content (AvgIpc) is 2.67. The van der Waals surface area contributed by atoms with Gasteiger partial charge in [-0.25, -0.2) is 0 Å². The quantitative estimate of drug-likeness (QED) is 0.803. The van der Waals surface area contributed by atoms with Crippen LogP contribution in [-0.2, 0) is 20.6 Å². The standard InChI is InChI=1S/C10H19N3O3/c1-9(2,15-5)8-12-7(13-16-8)10(3,11)6-14-4/h6,11H2,1-5H3. The highest BCUT2D eigenvalue weighted by molar-refractivity contribution is 5.04. The van der Waals surface area contributed by atoms with Gasteiger partial charge in [-0.2, -0.15) is 4.98 Å². The molecule has 1 aromatic heterocycles. The number of ether oxygens (including phenoxy) is 2. The maximum Gasteiger partial charge on any atom is 0.258 e. The van der Waals surface area contributed by atoms with Crippen LogP contribution in [0.3, 0.4) is 0 Å². The van der Waals surface area contributed by atoms with Crippen molar-refractivity contribution in [3.05, 3.63) is 11.7 Å². The van der Waals surface area contributed by atoms with Gasteiger partial charge in [-0.3, -0.25) is 0 Å². The molecule has 1 aromatic rings. The molecule has 0 bridgehead atoms. The number of hydrogen-bond donors (Lipinski definition) is 1. The number of aromatic nitrogens is 2. The Labute approximate surface area is 95.1 Å². The van der Waals surface area contributed by atoms with Crippen LogP contribution >= 0.6 is 0 Å². The molecule has 6 heteroatoms. The van der Waals surface area contributed by atoms with Crippen LogP contribution in [0, 0.1) is 0 Å². The van der Waals surface area contributed by atoms with E-state index >= 15 is 0 Å². The van der Waals surface area contributed by atoms with E-state index in [1.807, 2.05) is 13.8 Å². The van der Waals surface area contributed by atoms with Gasteiger partial charge in [0.05, 0.1) is 6.61 Å². The number of nitrogens with zero attached hydrogens (tertiary/aromatic N) is 2. The zero-order chi connectivity index (χ0) is 12.4. The molecule has 0 aliphatic rings. The summed E-state index contributed by atoms with van der Waals surface area (Å²) < 4.78 is 15.4. The normalized spacial score (nSPS) is 16.1. The van der Waals surface area contributed by atoms with Gasteiger partial charge < -0.3 is 19.7 Å². The molecular formula is C10H19N3O3. The zero-order valence-corrected chi connectivity index (χ0v) is 10.4. The van der Waals surface area contributed by atoms with E-state index in [1.165, 1.54) is 0 Å². The topological polar surface area (TPSA) is 83.4 Å². The molecule has 0 radical (unpaired) electrons. The van der Waals surface area contributed by atoms with E-state index in [-0.39, 0.29) is 0 Å². The van der Waals surface area contributed by atoms with Crippen molar-refractivity contribution in [2.45, 2.75) is 31.9 Å². The van der Waals surface area contributed by atoms with E-state index < -0.39 is 11.1 Å². The van der Waals surface area contributed by atoms with E-state index in [9.17, 15) is 0 Å². The van der Waals surface area contributed by atoms with Gasteiger partial charge in [-0.1, -0.05) is 5.16 Å². The third-order valence-corrected chi connectivity index (χ3v) is 2.41. The lowest BCUT2D eigenvalue weighted by molar-refractivity contribution is -0.00787. The fourth-order valence-electron chi connectivity index (χ4n) is 1.15. The lowest BCUT2D eigenvalue weighted by Crippen LogP contribution is -2.39. The van der Waals surface area contributed by atoms with Crippen LogP contribution in [0.5, 0.6) is 0 Å². The lowest BCUT2D eigenvalue weighted by atomic mass is 10.0. The van der Waals surface area contributed by atoms with Gasteiger partial charge >= 0.3 is 0 Å². The summed E-state index contributed by atoms with van der Waals surface area (Å²) >= 11 is 0. The average molecular weight is 229 g/mol. The van der Waals surface area contributed by atoms with Gasteiger partial charge in [0.25, 0.3) is 5.89 Å². The Kier molecular flexibility index (Phi) is 3.67. The van der Waals surface area contributed by atoms with E-state index in [0.29, 0.717) is 18.3 Å². The van der Waals surface area contributed by atoms with E-state index in [1.54, 1.807) is 21.1 Å². The van der Waals surface area contributed by atoms with Crippen molar-refractivity contribution < 1.29 is 14.0 Å². The van der Waals surface area contributed by atoms with Gasteiger partial charge in [0.1, 0.15) is 11.1 Å². The first-order valence-electron chi connectivity index (χ1n) is 5.01. The largest absolute Gasteiger partial charge is 0.382 e. The van der Waals surface area contributed by atoms with Crippen molar-refractivity contribution in [3.8, 4) is 0 Å². The second-order valence-electron chi connectivity index (χ2n) is 4.49. The molecule has 0 aliphatic heterocycles. The van der Waals surface area contributed by atoms with Gasteiger partial charge in [-0.15, -0.1) is 0 Å². The van der Waals surface area contributed by atoms with Crippen LogP contribution in [0.15, 0.2) is 4.52 Å².